The van der Waals surface area contributed by atoms with Gasteiger partial charge in [0.25, 0.3) is 0 Å². The second kappa shape index (κ2) is 9.51. The standard InChI is InChI=1S/C19H23N5O3/c25-17(13-22-19(26)27-14-15-7-3-1-4-8-15)23-16-11-20-18(21-12-16)24-9-5-2-6-10-24/h1,3-4,7-8,11-12H,2,5-6,9-10,13-14H2,(H,22,26)(H,23,25). The number of hydrogen-bond acceptors (Lipinski definition) is 6. The molecule has 142 valence electrons. The van der Waals surface area contributed by atoms with Crippen molar-refractivity contribution < 1.29 is 14.3 Å². The van der Waals surface area contributed by atoms with E-state index < -0.39 is 6.09 Å². The molecule has 3 rings (SSSR count). The number of carbonyl (C=O) groups is 2. The number of nitrogens with zero attached hydrogens (tertiary/aromatic N) is 3. The molecule has 1 aliphatic rings. The van der Waals surface area contributed by atoms with Crippen molar-refractivity contribution in [2.75, 3.05) is 29.9 Å². The maximum atomic E-state index is 11.9. The largest absolute Gasteiger partial charge is 0.445 e. The fraction of sp³-hybridized carbons (Fsp3) is 0.368. The number of rotatable bonds is 6. The van der Waals surface area contributed by atoms with Crippen LogP contribution in [0.15, 0.2) is 42.7 Å². The number of hydrogen-bond donors (Lipinski definition) is 2. The lowest BCUT2D eigenvalue weighted by molar-refractivity contribution is -0.115. The maximum Gasteiger partial charge on any atom is 0.407 e. The fourth-order valence-corrected chi connectivity index (χ4v) is 2.77. The highest BCUT2D eigenvalue weighted by atomic mass is 16.5. The van der Waals surface area contributed by atoms with E-state index in [9.17, 15) is 9.59 Å². The minimum absolute atomic E-state index is 0.153. The van der Waals surface area contributed by atoms with Gasteiger partial charge in [0.15, 0.2) is 0 Å². The molecule has 1 aromatic heterocycles. The van der Waals surface area contributed by atoms with Gasteiger partial charge in [-0.15, -0.1) is 0 Å². The van der Waals surface area contributed by atoms with Crippen molar-refractivity contribution in [3.05, 3.63) is 48.3 Å². The molecule has 27 heavy (non-hydrogen) atoms. The topological polar surface area (TPSA) is 96.5 Å². The molecular formula is C19H23N5O3. The van der Waals surface area contributed by atoms with Crippen LogP contribution in [0.2, 0.25) is 0 Å². The van der Waals surface area contributed by atoms with E-state index in [2.05, 4.69) is 25.5 Å². The molecule has 0 saturated carbocycles. The van der Waals surface area contributed by atoms with Crippen LogP contribution in [0.25, 0.3) is 0 Å². The van der Waals surface area contributed by atoms with Crippen LogP contribution in [-0.4, -0.2) is 41.6 Å². The Balaban J connectivity index is 1.39. The van der Waals surface area contributed by atoms with Crippen molar-refractivity contribution in [1.29, 1.82) is 0 Å². The predicted molar refractivity (Wildman–Crippen MR) is 101 cm³/mol. The van der Waals surface area contributed by atoms with Crippen LogP contribution in [0.5, 0.6) is 0 Å². The molecule has 1 saturated heterocycles. The number of ether oxygens (including phenoxy) is 1. The van der Waals surface area contributed by atoms with Crippen LogP contribution < -0.4 is 15.5 Å². The number of nitrogens with one attached hydrogen (secondary N) is 2. The molecule has 2 aromatic rings. The molecule has 1 aliphatic heterocycles. The Kier molecular flexibility index (Phi) is 6.56. The summed E-state index contributed by atoms with van der Waals surface area (Å²) >= 11 is 0. The van der Waals surface area contributed by atoms with Gasteiger partial charge < -0.3 is 20.3 Å². The minimum atomic E-state index is -0.648. The van der Waals surface area contributed by atoms with Gasteiger partial charge >= 0.3 is 6.09 Å². The number of piperidine rings is 1. The molecule has 0 unspecified atom stereocenters. The Hall–Kier alpha value is -3.16. The third-order valence-corrected chi connectivity index (χ3v) is 4.17. The van der Waals surface area contributed by atoms with E-state index >= 15 is 0 Å². The van der Waals surface area contributed by atoms with Gasteiger partial charge in [0.1, 0.15) is 13.2 Å². The summed E-state index contributed by atoms with van der Waals surface area (Å²) in [6.07, 6.45) is 6.03. The van der Waals surface area contributed by atoms with Crippen LogP contribution in [0.3, 0.4) is 0 Å². The number of aromatic nitrogens is 2. The molecule has 0 spiro atoms. The maximum absolute atomic E-state index is 11.9. The van der Waals surface area contributed by atoms with Gasteiger partial charge in [-0.05, 0) is 24.8 Å². The molecule has 8 nitrogen and oxygen atoms in total. The van der Waals surface area contributed by atoms with Crippen LogP contribution in [0.1, 0.15) is 24.8 Å². The molecule has 0 aliphatic carbocycles. The van der Waals surface area contributed by atoms with Crippen molar-refractivity contribution in [2.45, 2.75) is 25.9 Å². The highest BCUT2D eigenvalue weighted by molar-refractivity contribution is 5.93. The highest BCUT2D eigenvalue weighted by Gasteiger charge is 2.13. The van der Waals surface area contributed by atoms with E-state index in [1.54, 1.807) is 12.4 Å². The second-order valence-electron chi connectivity index (χ2n) is 6.28. The second-order valence-corrected chi connectivity index (χ2v) is 6.28. The SMILES string of the molecule is O=C(CNC(=O)OCc1ccccc1)Nc1cnc(N2CCCCC2)nc1. The third-order valence-electron chi connectivity index (χ3n) is 4.17. The average Bonchev–Trinajstić information content (AvgIpc) is 2.73. The van der Waals surface area contributed by atoms with Gasteiger partial charge in [0.05, 0.1) is 18.1 Å². The smallest absolute Gasteiger partial charge is 0.407 e. The van der Waals surface area contributed by atoms with E-state index in [4.69, 9.17) is 4.74 Å². The van der Waals surface area contributed by atoms with Gasteiger partial charge in [-0.1, -0.05) is 30.3 Å². The zero-order valence-corrected chi connectivity index (χ0v) is 15.1. The first-order chi connectivity index (χ1) is 13.2. The first-order valence-electron chi connectivity index (χ1n) is 9.02. The van der Waals surface area contributed by atoms with E-state index in [-0.39, 0.29) is 19.1 Å². The van der Waals surface area contributed by atoms with Crippen LogP contribution in [0.4, 0.5) is 16.4 Å². The summed E-state index contributed by atoms with van der Waals surface area (Å²) in [6, 6.07) is 9.32. The van der Waals surface area contributed by atoms with E-state index in [0.29, 0.717) is 11.6 Å². The first kappa shape index (κ1) is 18.6. The van der Waals surface area contributed by atoms with Crippen molar-refractivity contribution in [3.8, 4) is 0 Å². The lowest BCUT2D eigenvalue weighted by Gasteiger charge is -2.26. The molecule has 2 heterocycles. The Bertz CT molecular complexity index is 746. The molecule has 1 aromatic carbocycles. The monoisotopic (exact) mass is 369 g/mol. The van der Waals surface area contributed by atoms with Crippen molar-refractivity contribution in [1.82, 2.24) is 15.3 Å². The van der Waals surface area contributed by atoms with Gasteiger partial charge in [-0.25, -0.2) is 14.8 Å². The number of benzene rings is 1. The van der Waals surface area contributed by atoms with Crippen molar-refractivity contribution in [3.63, 3.8) is 0 Å². The Morgan fingerprint density at radius 2 is 1.74 bits per heavy atom. The number of anilines is 2. The molecule has 0 atom stereocenters. The summed E-state index contributed by atoms with van der Waals surface area (Å²) in [5, 5.41) is 5.06. The van der Waals surface area contributed by atoms with Crippen LogP contribution in [0, 0.1) is 0 Å². The quantitative estimate of drug-likeness (QED) is 0.811. The first-order valence-corrected chi connectivity index (χ1v) is 9.02. The van der Waals surface area contributed by atoms with Gasteiger partial charge in [0.2, 0.25) is 11.9 Å². The summed E-state index contributed by atoms with van der Waals surface area (Å²) in [4.78, 5) is 34.3. The zero-order chi connectivity index (χ0) is 18.9. The molecule has 1 fully saturated rings. The molecule has 2 N–H and O–H groups in total. The zero-order valence-electron chi connectivity index (χ0n) is 15.1. The third kappa shape index (κ3) is 5.95. The van der Waals surface area contributed by atoms with E-state index in [1.165, 1.54) is 6.42 Å². The number of carbonyl (C=O) groups excluding carboxylic acids is 2. The molecule has 0 bridgehead atoms. The number of amides is 2. The summed E-state index contributed by atoms with van der Waals surface area (Å²) in [5.74, 6) is 0.302. The highest BCUT2D eigenvalue weighted by Crippen LogP contribution is 2.16. The molecule has 2 amide bonds. The summed E-state index contributed by atoms with van der Waals surface area (Å²) in [7, 11) is 0. The van der Waals surface area contributed by atoms with Gasteiger partial charge in [-0.3, -0.25) is 4.79 Å². The lowest BCUT2D eigenvalue weighted by Crippen LogP contribution is -2.33. The van der Waals surface area contributed by atoms with Crippen molar-refractivity contribution in [2.24, 2.45) is 0 Å². The predicted octanol–water partition coefficient (Wildman–Crippen LogP) is 2.33. The lowest BCUT2D eigenvalue weighted by atomic mass is 10.1. The number of alkyl carbamates (subject to hydrolysis) is 1. The Morgan fingerprint density at radius 3 is 2.44 bits per heavy atom. The minimum Gasteiger partial charge on any atom is -0.445 e. The molecular weight excluding hydrogens is 346 g/mol. The molecule has 0 radical (unpaired) electrons. The molecule has 8 heteroatoms. The summed E-state index contributed by atoms with van der Waals surface area (Å²) < 4.78 is 5.05. The summed E-state index contributed by atoms with van der Waals surface area (Å²) in [6.45, 7) is 1.88. The Labute approximate surface area is 158 Å². The van der Waals surface area contributed by atoms with Gasteiger partial charge in [-0.2, -0.15) is 0 Å². The van der Waals surface area contributed by atoms with Crippen LogP contribution in [-0.2, 0) is 16.1 Å². The average molecular weight is 369 g/mol. The van der Waals surface area contributed by atoms with Crippen LogP contribution >= 0.6 is 0 Å². The fourth-order valence-electron chi connectivity index (χ4n) is 2.77. The normalized spacial score (nSPS) is 13.7. The Morgan fingerprint density at radius 1 is 1.04 bits per heavy atom. The van der Waals surface area contributed by atoms with E-state index in [1.807, 2.05) is 30.3 Å². The van der Waals surface area contributed by atoms with E-state index in [0.717, 1.165) is 31.5 Å². The van der Waals surface area contributed by atoms with Crippen molar-refractivity contribution >= 4 is 23.6 Å². The summed E-state index contributed by atoms with van der Waals surface area (Å²) in [5.41, 5.74) is 1.36. The van der Waals surface area contributed by atoms with Gasteiger partial charge in [0, 0.05) is 13.1 Å².